The van der Waals surface area contributed by atoms with Gasteiger partial charge >= 0.3 is 6.03 Å². The first-order chi connectivity index (χ1) is 15.0. The molecule has 2 saturated heterocycles. The number of hydrogen-bond acceptors (Lipinski definition) is 5. The number of benzene rings is 1. The largest absolute Gasteiger partial charge is 0.395 e. The number of rotatable bonds is 5. The number of fused-ring (bicyclic) bond motifs is 1. The van der Waals surface area contributed by atoms with Crippen LogP contribution in [0.15, 0.2) is 24.3 Å². The van der Waals surface area contributed by atoms with Crippen LogP contribution in [0.5, 0.6) is 0 Å². The number of para-hydroxylation sites is 1. The Bertz CT molecular complexity index is 789. The first-order valence-electron chi connectivity index (χ1n) is 11.5. The second kappa shape index (κ2) is 9.54. The first kappa shape index (κ1) is 22.0. The average molecular weight is 430 g/mol. The summed E-state index contributed by atoms with van der Waals surface area (Å²) in [6, 6.07) is 7.64. The SMILES string of the molecule is CC[C@H](C)[C@H]1C(=O)Nc2ccccc2CN1C(=O)N1CC(N2CCN(CCO)CC2)C1. The van der Waals surface area contributed by atoms with E-state index in [2.05, 4.69) is 22.0 Å². The van der Waals surface area contributed by atoms with Crippen LogP contribution in [0.1, 0.15) is 25.8 Å². The summed E-state index contributed by atoms with van der Waals surface area (Å²) in [6.07, 6.45) is 0.832. The number of hydrogen-bond donors (Lipinski definition) is 2. The maximum absolute atomic E-state index is 13.5. The summed E-state index contributed by atoms with van der Waals surface area (Å²) in [5.74, 6) is -0.0142. The van der Waals surface area contributed by atoms with Crippen molar-refractivity contribution in [3.8, 4) is 0 Å². The summed E-state index contributed by atoms with van der Waals surface area (Å²) in [6.45, 7) is 10.8. The van der Waals surface area contributed by atoms with Crippen molar-refractivity contribution in [2.45, 2.75) is 38.9 Å². The van der Waals surface area contributed by atoms with Crippen LogP contribution in [0.25, 0.3) is 0 Å². The van der Waals surface area contributed by atoms with E-state index in [1.54, 1.807) is 4.90 Å². The third kappa shape index (κ3) is 4.56. The van der Waals surface area contributed by atoms with Crippen LogP contribution in [0.3, 0.4) is 0 Å². The van der Waals surface area contributed by atoms with Crippen molar-refractivity contribution in [3.05, 3.63) is 29.8 Å². The molecule has 0 radical (unpaired) electrons. The van der Waals surface area contributed by atoms with Crippen molar-refractivity contribution in [2.24, 2.45) is 5.92 Å². The van der Waals surface area contributed by atoms with E-state index in [0.29, 0.717) is 25.7 Å². The van der Waals surface area contributed by atoms with E-state index in [-0.39, 0.29) is 24.5 Å². The van der Waals surface area contributed by atoms with Crippen molar-refractivity contribution in [1.29, 1.82) is 0 Å². The summed E-state index contributed by atoms with van der Waals surface area (Å²) in [7, 11) is 0. The number of urea groups is 1. The Balaban J connectivity index is 1.42. The molecule has 3 amide bonds. The minimum absolute atomic E-state index is 0.0349. The molecule has 0 bridgehead atoms. The summed E-state index contributed by atoms with van der Waals surface area (Å²) in [4.78, 5) is 35.0. The fourth-order valence-electron chi connectivity index (χ4n) is 4.90. The zero-order chi connectivity index (χ0) is 22.0. The van der Waals surface area contributed by atoms with Crippen LogP contribution < -0.4 is 5.32 Å². The summed E-state index contributed by atoms with van der Waals surface area (Å²) in [5.41, 5.74) is 1.78. The Labute approximate surface area is 184 Å². The fraction of sp³-hybridized carbons (Fsp3) is 0.652. The summed E-state index contributed by atoms with van der Waals surface area (Å²) in [5, 5.41) is 12.2. The zero-order valence-corrected chi connectivity index (χ0v) is 18.7. The van der Waals surface area contributed by atoms with Gasteiger partial charge in [0.15, 0.2) is 0 Å². The van der Waals surface area contributed by atoms with Gasteiger partial charge in [0.2, 0.25) is 5.91 Å². The van der Waals surface area contributed by atoms with Crippen molar-refractivity contribution in [1.82, 2.24) is 19.6 Å². The van der Waals surface area contributed by atoms with Crippen molar-refractivity contribution in [3.63, 3.8) is 0 Å². The molecule has 1 aromatic rings. The highest BCUT2D eigenvalue weighted by Crippen LogP contribution is 2.29. The number of carbonyl (C=O) groups is 2. The smallest absolute Gasteiger partial charge is 0.321 e. The second-order valence-corrected chi connectivity index (χ2v) is 9.05. The number of nitrogens with one attached hydrogen (secondary N) is 1. The Morgan fingerprint density at radius 1 is 1.19 bits per heavy atom. The molecule has 2 atom stereocenters. The quantitative estimate of drug-likeness (QED) is 0.737. The van der Waals surface area contributed by atoms with E-state index in [4.69, 9.17) is 5.11 Å². The van der Waals surface area contributed by atoms with Crippen LogP contribution in [0.4, 0.5) is 10.5 Å². The summed E-state index contributed by atoms with van der Waals surface area (Å²) < 4.78 is 0. The van der Waals surface area contributed by atoms with Gasteiger partial charge in [-0.1, -0.05) is 38.5 Å². The van der Waals surface area contributed by atoms with E-state index in [9.17, 15) is 9.59 Å². The zero-order valence-electron chi connectivity index (χ0n) is 18.7. The topological polar surface area (TPSA) is 79.4 Å². The molecule has 170 valence electrons. The number of carbonyl (C=O) groups excluding carboxylic acids is 2. The molecule has 0 unspecified atom stereocenters. The fourth-order valence-corrected chi connectivity index (χ4v) is 4.90. The lowest BCUT2D eigenvalue weighted by molar-refractivity contribution is -0.122. The van der Waals surface area contributed by atoms with Crippen LogP contribution >= 0.6 is 0 Å². The van der Waals surface area contributed by atoms with Gasteiger partial charge in [-0.05, 0) is 17.5 Å². The summed E-state index contributed by atoms with van der Waals surface area (Å²) >= 11 is 0. The lowest BCUT2D eigenvalue weighted by atomic mass is 9.96. The molecule has 3 aliphatic rings. The molecule has 0 aromatic heterocycles. The lowest BCUT2D eigenvalue weighted by Crippen LogP contribution is -2.67. The van der Waals surface area contributed by atoms with Crippen molar-refractivity contribution >= 4 is 17.6 Å². The molecule has 0 spiro atoms. The number of likely N-dealkylation sites (tertiary alicyclic amines) is 1. The van der Waals surface area contributed by atoms with E-state index >= 15 is 0 Å². The lowest BCUT2D eigenvalue weighted by Gasteiger charge is -2.49. The molecule has 4 rings (SSSR count). The highest BCUT2D eigenvalue weighted by atomic mass is 16.3. The van der Waals surface area contributed by atoms with Gasteiger partial charge in [-0.3, -0.25) is 14.6 Å². The van der Waals surface area contributed by atoms with Gasteiger partial charge in [0.1, 0.15) is 6.04 Å². The van der Waals surface area contributed by atoms with E-state index in [1.165, 1.54) is 0 Å². The number of amides is 3. The van der Waals surface area contributed by atoms with E-state index in [0.717, 1.165) is 50.4 Å². The van der Waals surface area contributed by atoms with E-state index < -0.39 is 6.04 Å². The standard InChI is InChI=1S/C23H35N5O3/c1-3-17(2)21-22(30)24-20-7-5-4-6-18(20)14-28(21)23(31)27-15-19(16-27)26-10-8-25(9-11-26)12-13-29/h4-7,17,19,21,29H,3,8-16H2,1-2H3,(H,24,30)/t17-,21-/m0/s1. The first-order valence-corrected chi connectivity index (χ1v) is 11.5. The van der Waals surface area contributed by atoms with Gasteiger partial charge in [-0.25, -0.2) is 4.79 Å². The maximum atomic E-state index is 13.5. The highest BCUT2D eigenvalue weighted by molar-refractivity contribution is 5.99. The minimum atomic E-state index is -0.467. The molecule has 8 nitrogen and oxygen atoms in total. The predicted molar refractivity (Wildman–Crippen MR) is 120 cm³/mol. The molecule has 1 aromatic carbocycles. The number of nitrogens with zero attached hydrogens (tertiary/aromatic N) is 4. The van der Waals surface area contributed by atoms with Crippen LogP contribution in [0, 0.1) is 5.92 Å². The van der Waals surface area contributed by atoms with Gasteiger partial charge in [-0.15, -0.1) is 0 Å². The normalized spacial score (nSPS) is 24.2. The van der Waals surface area contributed by atoms with Gasteiger partial charge in [0.25, 0.3) is 0 Å². The monoisotopic (exact) mass is 429 g/mol. The Morgan fingerprint density at radius 3 is 2.58 bits per heavy atom. The molecule has 3 heterocycles. The van der Waals surface area contributed by atoms with Crippen LogP contribution in [0.2, 0.25) is 0 Å². The van der Waals surface area contributed by atoms with Crippen LogP contribution in [-0.2, 0) is 11.3 Å². The van der Waals surface area contributed by atoms with Gasteiger partial charge < -0.3 is 20.2 Å². The van der Waals surface area contributed by atoms with Crippen molar-refractivity contribution in [2.75, 3.05) is 57.7 Å². The molecular weight excluding hydrogens is 394 g/mol. The molecule has 0 aliphatic carbocycles. The molecule has 0 saturated carbocycles. The molecule has 2 N–H and O–H groups in total. The third-order valence-corrected chi connectivity index (χ3v) is 7.12. The third-order valence-electron chi connectivity index (χ3n) is 7.12. The number of aliphatic hydroxyl groups excluding tert-OH is 1. The molecule has 3 aliphatic heterocycles. The second-order valence-electron chi connectivity index (χ2n) is 9.05. The molecule has 8 heteroatoms. The molecule has 2 fully saturated rings. The van der Waals surface area contributed by atoms with Crippen LogP contribution in [-0.4, -0.2) is 101 Å². The van der Waals surface area contributed by atoms with Gasteiger partial charge in [0, 0.05) is 57.5 Å². The number of β-amino-alcohol motifs (C(OH)–C–C–N with tert-alkyl or cyclic N) is 1. The Kier molecular flexibility index (Phi) is 6.79. The maximum Gasteiger partial charge on any atom is 0.321 e. The number of anilines is 1. The molecular formula is C23H35N5O3. The number of piperazine rings is 1. The highest BCUT2D eigenvalue weighted by Gasteiger charge is 2.43. The number of aliphatic hydroxyl groups is 1. The van der Waals surface area contributed by atoms with Gasteiger partial charge in [0.05, 0.1) is 13.2 Å². The van der Waals surface area contributed by atoms with Crippen molar-refractivity contribution < 1.29 is 14.7 Å². The predicted octanol–water partition coefficient (Wildman–Crippen LogP) is 1.27. The Hall–Kier alpha value is -2.16. The van der Waals surface area contributed by atoms with Gasteiger partial charge in [-0.2, -0.15) is 0 Å². The minimum Gasteiger partial charge on any atom is -0.395 e. The van der Waals surface area contributed by atoms with E-state index in [1.807, 2.05) is 36.1 Å². The Morgan fingerprint density at radius 2 is 1.90 bits per heavy atom. The molecule has 31 heavy (non-hydrogen) atoms. The average Bonchev–Trinajstić information content (AvgIpc) is 2.89.